The highest BCUT2D eigenvalue weighted by molar-refractivity contribution is 5.79. The Bertz CT molecular complexity index is 565. The number of halogens is 3. The van der Waals surface area contributed by atoms with Gasteiger partial charge in [-0.1, -0.05) is 30.3 Å². The van der Waals surface area contributed by atoms with Crippen molar-refractivity contribution in [3.63, 3.8) is 0 Å². The minimum Gasteiger partial charge on any atom is -0.444 e. The van der Waals surface area contributed by atoms with Crippen LogP contribution in [0.2, 0.25) is 0 Å². The SMILES string of the molecule is CC(C)(C)OC(=O)N(CCC(=O)CCC(F)(F)F)Cc1ccccc1. The van der Waals surface area contributed by atoms with Crippen LogP contribution in [-0.2, 0) is 16.1 Å². The monoisotopic (exact) mass is 359 g/mol. The fraction of sp³-hybridized carbons (Fsp3) is 0.556. The lowest BCUT2D eigenvalue weighted by Crippen LogP contribution is -2.37. The van der Waals surface area contributed by atoms with Gasteiger partial charge in [-0.15, -0.1) is 0 Å². The molecule has 7 heteroatoms. The third-order valence-electron chi connectivity index (χ3n) is 3.22. The number of hydrogen-bond donors (Lipinski definition) is 0. The van der Waals surface area contributed by atoms with Gasteiger partial charge in [0.05, 0.1) is 6.42 Å². The maximum Gasteiger partial charge on any atom is 0.410 e. The lowest BCUT2D eigenvalue weighted by Gasteiger charge is -2.27. The van der Waals surface area contributed by atoms with E-state index in [1.165, 1.54) is 4.90 Å². The van der Waals surface area contributed by atoms with Crippen molar-refractivity contribution in [1.29, 1.82) is 0 Å². The van der Waals surface area contributed by atoms with E-state index < -0.39 is 36.5 Å². The molecule has 1 rings (SSSR count). The average molecular weight is 359 g/mol. The Kier molecular flexibility index (Phi) is 7.45. The molecule has 1 amide bonds. The predicted molar refractivity (Wildman–Crippen MR) is 88.0 cm³/mol. The first-order valence-corrected chi connectivity index (χ1v) is 8.06. The van der Waals surface area contributed by atoms with Crippen LogP contribution >= 0.6 is 0 Å². The maximum atomic E-state index is 12.3. The number of hydrogen-bond acceptors (Lipinski definition) is 3. The number of rotatable bonds is 7. The summed E-state index contributed by atoms with van der Waals surface area (Å²) in [4.78, 5) is 25.3. The van der Waals surface area contributed by atoms with E-state index in [9.17, 15) is 22.8 Å². The normalized spacial score (nSPS) is 11.9. The zero-order valence-electron chi connectivity index (χ0n) is 14.7. The second-order valence-corrected chi connectivity index (χ2v) is 6.79. The summed E-state index contributed by atoms with van der Waals surface area (Å²) in [5.74, 6) is -0.529. The first-order valence-electron chi connectivity index (χ1n) is 8.06. The summed E-state index contributed by atoms with van der Waals surface area (Å²) in [6.07, 6.45) is -6.80. The Morgan fingerprint density at radius 3 is 2.16 bits per heavy atom. The van der Waals surface area contributed by atoms with Crippen LogP contribution in [0.4, 0.5) is 18.0 Å². The number of ketones is 1. The van der Waals surface area contributed by atoms with E-state index in [1.54, 1.807) is 20.8 Å². The third-order valence-corrected chi connectivity index (χ3v) is 3.22. The van der Waals surface area contributed by atoms with E-state index in [-0.39, 0.29) is 19.5 Å². The number of ether oxygens (including phenoxy) is 1. The lowest BCUT2D eigenvalue weighted by molar-refractivity contribution is -0.143. The Morgan fingerprint density at radius 1 is 1.04 bits per heavy atom. The molecule has 0 spiro atoms. The van der Waals surface area contributed by atoms with Gasteiger partial charge in [-0.3, -0.25) is 4.79 Å². The Balaban J connectivity index is 2.67. The van der Waals surface area contributed by atoms with Crippen molar-refractivity contribution in [2.75, 3.05) is 6.54 Å². The molecule has 4 nitrogen and oxygen atoms in total. The molecule has 0 atom stereocenters. The van der Waals surface area contributed by atoms with Crippen LogP contribution in [0, 0.1) is 0 Å². The number of alkyl halides is 3. The van der Waals surface area contributed by atoms with Crippen molar-refractivity contribution in [3.8, 4) is 0 Å². The first-order chi connectivity index (χ1) is 11.5. The van der Waals surface area contributed by atoms with Crippen molar-refractivity contribution in [2.24, 2.45) is 0 Å². The summed E-state index contributed by atoms with van der Waals surface area (Å²) in [5, 5.41) is 0. The maximum absolute atomic E-state index is 12.3. The van der Waals surface area contributed by atoms with Crippen molar-refractivity contribution in [1.82, 2.24) is 4.90 Å². The molecule has 0 heterocycles. The summed E-state index contributed by atoms with van der Waals surface area (Å²) < 4.78 is 41.9. The Hall–Kier alpha value is -2.05. The van der Waals surface area contributed by atoms with Crippen molar-refractivity contribution in [3.05, 3.63) is 35.9 Å². The molecule has 0 aliphatic rings. The molecule has 0 saturated heterocycles. The van der Waals surface area contributed by atoms with Gasteiger partial charge >= 0.3 is 12.3 Å². The molecule has 0 aliphatic heterocycles. The number of carbonyl (C=O) groups is 2. The molecule has 0 saturated carbocycles. The summed E-state index contributed by atoms with van der Waals surface area (Å²) >= 11 is 0. The van der Waals surface area contributed by atoms with E-state index in [1.807, 2.05) is 30.3 Å². The molecular weight excluding hydrogens is 335 g/mol. The van der Waals surface area contributed by atoms with Gasteiger partial charge in [0, 0.05) is 25.9 Å². The summed E-state index contributed by atoms with van der Waals surface area (Å²) in [6.45, 7) is 5.41. The number of nitrogens with zero attached hydrogens (tertiary/aromatic N) is 1. The van der Waals surface area contributed by atoms with Crippen LogP contribution in [0.5, 0.6) is 0 Å². The second-order valence-electron chi connectivity index (χ2n) is 6.79. The summed E-state index contributed by atoms with van der Waals surface area (Å²) in [7, 11) is 0. The number of amides is 1. The van der Waals surface area contributed by atoms with Gasteiger partial charge < -0.3 is 9.64 Å². The van der Waals surface area contributed by atoms with Crippen molar-refractivity contribution >= 4 is 11.9 Å². The third kappa shape index (κ3) is 9.74. The highest BCUT2D eigenvalue weighted by Gasteiger charge is 2.28. The smallest absolute Gasteiger partial charge is 0.410 e. The zero-order chi connectivity index (χ0) is 19.1. The van der Waals surface area contributed by atoms with Gasteiger partial charge in [0.2, 0.25) is 0 Å². The van der Waals surface area contributed by atoms with Crippen molar-refractivity contribution < 1.29 is 27.5 Å². The number of carbonyl (C=O) groups excluding carboxylic acids is 2. The van der Waals surface area contributed by atoms with Crippen LogP contribution in [0.1, 0.15) is 45.6 Å². The number of Topliss-reactive ketones (excluding diaryl/α,β-unsaturated/α-hetero) is 1. The van der Waals surface area contributed by atoms with Gasteiger partial charge in [0.25, 0.3) is 0 Å². The fourth-order valence-electron chi connectivity index (χ4n) is 2.03. The van der Waals surface area contributed by atoms with E-state index >= 15 is 0 Å². The van der Waals surface area contributed by atoms with E-state index in [0.717, 1.165) is 5.56 Å². The highest BCUT2D eigenvalue weighted by Crippen LogP contribution is 2.22. The molecule has 0 aromatic heterocycles. The second kappa shape index (κ2) is 8.87. The van der Waals surface area contributed by atoms with Crippen LogP contribution in [0.25, 0.3) is 0 Å². The molecule has 0 bridgehead atoms. The molecule has 1 aromatic carbocycles. The molecule has 0 N–H and O–H groups in total. The lowest BCUT2D eigenvalue weighted by atomic mass is 10.1. The topological polar surface area (TPSA) is 46.6 Å². The van der Waals surface area contributed by atoms with Gasteiger partial charge in [-0.05, 0) is 26.3 Å². The molecule has 1 aromatic rings. The molecule has 0 radical (unpaired) electrons. The minimum atomic E-state index is -4.36. The quantitative estimate of drug-likeness (QED) is 0.707. The highest BCUT2D eigenvalue weighted by atomic mass is 19.4. The van der Waals surface area contributed by atoms with Crippen molar-refractivity contribution in [2.45, 2.75) is 58.4 Å². The predicted octanol–water partition coefficient (Wildman–Crippen LogP) is 4.73. The van der Waals surface area contributed by atoms with Gasteiger partial charge in [-0.25, -0.2) is 4.79 Å². The molecule has 0 unspecified atom stereocenters. The van der Waals surface area contributed by atoms with Crippen LogP contribution in [-0.4, -0.2) is 35.1 Å². The molecule has 0 aliphatic carbocycles. The average Bonchev–Trinajstić information content (AvgIpc) is 2.48. The molecule has 140 valence electrons. The van der Waals surface area contributed by atoms with E-state index in [4.69, 9.17) is 4.74 Å². The van der Waals surface area contributed by atoms with E-state index in [0.29, 0.717) is 0 Å². The van der Waals surface area contributed by atoms with Crippen LogP contribution in [0.15, 0.2) is 30.3 Å². The van der Waals surface area contributed by atoms with Gasteiger partial charge in [0.15, 0.2) is 0 Å². The molecule has 0 fully saturated rings. The fourth-order valence-corrected chi connectivity index (χ4v) is 2.03. The summed E-state index contributed by atoms with van der Waals surface area (Å²) in [6, 6.07) is 9.11. The standard InChI is InChI=1S/C18H24F3NO3/c1-17(2,3)25-16(24)22(13-14-7-5-4-6-8-14)12-10-15(23)9-11-18(19,20)21/h4-8H,9-13H2,1-3H3. The van der Waals surface area contributed by atoms with E-state index in [2.05, 4.69) is 0 Å². The Morgan fingerprint density at radius 2 is 1.64 bits per heavy atom. The first kappa shape index (κ1) is 21.0. The van der Waals surface area contributed by atoms with Gasteiger partial charge in [-0.2, -0.15) is 13.2 Å². The van der Waals surface area contributed by atoms with Gasteiger partial charge in [0.1, 0.15) is 11.4 Å². The van der Waals surface area contributed by atoms with Crippen LogP contribution in [0.3, 0.4) is 0 Å². The molecule has 25 heavy (non-hydrogen) atoms. The molecular formula is C18H24F3NO3. The summed E-state index contributed by atoms with van der Waals surface area (Å²) in [5.41, 5.74) is 0.142. The minimum absolute atomic E-state index is 0.0144. The number of benzene rings is 1. The zero-order valence-corrected chi connectivity index (χ0v) is 14.7. The Labute approximate surface area is 146 Å². The largest absolute Gasteiger partial charge is 0.444 e. The van der Waals surface area contributed by atoms with Crippen LogP contribution < -0.4 is 0 Å².